The highest BCUT2D eigenvalue weighted by atomic mass is 32.2. The highest BCUT2D eigenvalue weighted by molar-refractivity contribution is 7.91. The van der Waals surface area contributed by atoms with Crippen molar-refractivity contribution in [3.63, 3.8) is 0 Å². The monoisotopic (exact) mass is 366 g/mol. The fourth-order valence-electron chi connectivity index (χ4n) is 3.68. The van der Waals surface area contributed by atoms with Gasteiger partial charge in [-0.25, -0.2) is 8.42 Å². The average Bonchev–Trinajstić information content (AvgIpc) is 2.59. The first-order valence-electron chi connectivity index (χ1n) is 8.98. The molecule has 1 aromatic carbocycles. The van der Waals surface area contributed by atoms with Crippen LogP contribution >= 0.6 is 0 Å². The van der Waals surface area contributed by atoms with E-state index < -0.39 is 9.84 Å². The van der Waals surface area contributed by atoms with Crippen LogP contribution in [-0.4, -0.2) is 51.2 Å². The van der Waals surface area contributed by atoms with E-state index in [1.165, 1.54) is 25.0 Å². The number of carbonyl (C=O) groups is 1. The lowest BCUT2D eigenvalue weighted by Crippen LogP contribution is -2.55. The number of likely N-dealkylation sites (N-methyl/N-ethyl adjacent to an activating group) is 1. The van der Waals surface area contributed by atoms with Crippen LogP contribution in [0.25, 0.3) is 0 Å². The molecule has 0 saturated heterocycles. The van der Waals surface area contributed by atoms with Crippen LogP contribution in [0, 0.1) is 5.92 Å². The minimum Gasteiger partial charge on any atom is -0.350 e. The fourth-order valence-corrected chi connectivity index (χ4v) is 4.57. The second-order valence-electron chi connectivity index (χ2n) is 7.43. The zero-order valence-corrected chi connectivity index (χ0v) is 16.5. The quantitative estimate of drug-likeness (QED) is 0.841. The van der Waals surface area contributed by atoms with Gasteiger partial charge in [0.15, 0.2) is 9.84 Å². The second-order valence-corrected chi connectivity index (χ2v) is 9.71. The Morgan fingerprint density at radius 2 is 1.92 bits per heavy atom. The van der Waals surface area contributed by atoms with Gasteiger partial charge in [0.05, 0.1) is 10.6 Å². The number of sulfone groups is 1. The first kappa shape index (κ1) is 19.9. The molecule has 2 atom stereocenters. The smallest absolute Gasteiger partial charge is 0.251 e. The summed E-state index contributed by atoms with van der Waals surface area (Å²) >= 11 is 0. The Balaban J connectivity index is 2.06. The Labute approximate surface area is 151 Å². The SMILES string of the molecule is CCS(=O)(=O)c1ccc(C(=O)NC[C@]2(N(C)C)CCC[C@H](C)C2)cc1. The van der Waals surface area contributed by atoms with Crippen LogP contribution in [0.4, 0.5) is 0 Å². The lowest BCUT2D eigenvalue weighted by atomic mass is 9.75. The molecule has 1 saturated carbocycles. The van der Waals surface area contributed by atoms with Gasteiger partial charge in [-0.05, 0) is 57.1 Å². The van der Waals surface area contributed by atoms with Gasteiger partial charge >= 0.3 is 0 Å². The van der Waals surface area contributed by atoms with Crippen LogP contribution in [0.3, 0.4) is 0 Å². The van der Waals surface area contributed by atoms with Gasteiger partial charge in [-0.15, -0.1) is 0 Å². The van der Waals surface area contributed by atoms with E-state index in [0.29, 0.717) is 18.0 Å². The topological polar surface area (TPSA) is 66.5 Å². The minimum absolute atomic E-state index is 0.00117. The largest absolute Gasteiger partial charge is 0.350 e. The highest BCUT2D eigenvalue weighted by Gasteiger charge is 2.37. The summed E-state index contributed by atoms with van der Waals surface area (Å²) in [5.41, 5.74) is 0.492. The summed E-state index contributed by atoms with van der Waals surface area (Å²) in [5, 5.41) is 3.05. The van der Waals surface area contributed by atoms with Crippen molar-refractivity contribution < 1.29 is 13.2 Å². The third-order valence-corrected chi connectivity index (χ3v) is 7.20. The first-order valence-corrected chi connectivity index (χ1v) is 10.6. The number of nitrogens with zero attached hydrogens (tertiary/aromatic N) is 1. The van der Waals surface area contributed by atoms with Crippen LogP contribution in [0.2, 0.25) is 0 Å². The molecule has 0 heterocycles. The lowest BCUT2D eigenvalue weighted by Gasteiger charge is -2.45. The van der Waals surface area contributed by atoms with Crippen LogP contribution in [0.5, 0.6) is 0 Å². The molecule has 0 aliphatic heterocycles. The minimum atomic E-state index is -3.24. The summed E-state index contributed by atoms with van der Waals surface area (Å²) in [7, 11) is 0.920. The van der Waals surface area contributed by atoms with Crippen molar-refractivity contribution in [1.82, 2.24) is 10.2 Å². The number of amides is 1. The number of nitrogens with one attached hydrogen (secondary N) is 1. The molecule has 5 nitrogen and oxygen atoms in total. The van der Waals surface area contributed by atoms with E-state index in [9.17, 15) is 13.2 Å². The van der Waals surface area contributed by atoms with E-state index in [2.05, 4.69) is 31.2 Å². The molecule has 1 aromatic rings. The molecule has 0 spiro atoms. The summed E-state index contributed by atoms with van der Waals surface area (Å²) < 4.78 is 23.7. The lowest BCUT2D eigenvalue weighted by molar-refractivity contribution is 0.0675. The average molecular weight is 367 g/mol. The Hall–Kier alpha value is -1.40. The van der Waals surface area contributed by atoms with Gasteiger partial charge in [-0.3, -0.25) is 4.79 Å². The highest BCUT2D eigenvalue weighted by Crippen LogP contribution is 2.35. The molecular weight excluding hydrogens is 336 g/mol. The normalized spacial score (nSPS) is 24.3. The fraction of sp³-hybridized carbons (Fsp3) is 0.632. The molecule has 1 fully saturated rings. The van der Waals surface area contributed by atoms with Crippen molar-refractivity contribution in [2.24, 2.45) is 5.92 Å². The van der Waals surface area contributed by atoms with Gasteiger partial charge < -0.3 is 10.2 Å². The van der Waals surface area contributed by atoms with Gasteiger partial charge in [-0.2, -0.15) is 0 Å². The molecule has 1 aliphatic carbocycles. The van der Waals surface area contributed by atoms with Crippen LogP contribution in [0.15, 0.2) is 29.2 Å². The summed E-state index contributed by atoms with van der Waals surface area (Å²) in [4.78, 5) is 15.0. The van der Waals surface area contributed by atoms with Gasteiger partial charge in [0.1, 0.15) is 0 Å². The number of hydrogen-bond acceptors (Lipinski definition) is 4. The second kappa shape index (κ2) is 7.87. The Kier molecular flexibility index (Phi) is 6.27. The maximum Gasteiger partial charge on any atom is 0.251 e. The number of rotatable bonds is 6. The van der Waals surface area contributed by atoms with E-state index in [1.54, 1.807) is 19.1 Å². The molecule has 6 heteroatoms. The van der Waals surface area contributed by atoms with Crippen molar-refractivity contribution in [3.8, 4) is 0 Å². The van der Waals surface area contributed by atoms with Crippen molar-refractivity contribution in [1.29, 1.82) is 0 Å². The van der Waals surface area contributed by atoms with E-state index in [0.717, 1.165) is 12.8 Å². The number of benzene rings is 1. The third-order valence-electron chi connectivity index (χ3n) is 5.45. The molecule has 1 N–H and O–H groups in total. The molecule has 0 bridgehead atoms. The summed E-state index contributed by atoms with van der Waals surface area (Å²) in [6.45, 7) is 4.49. The predicted octanol–water partition coefficient (Wildman–Crippen LogP) is 2.72. The van der Waals surface area contributed by atoms with Crippen molar-refractivity contribution >= 4 is 15.7 Å². The van der Waals surface area contributed by atoms with E-state index >= 15 is 0 Å². The molecule has 1 aliphatic rings. The summed E-state index contributed by atoms with van der Waals surface area (Å²) in [5.74, 6) is 0.564. The van der Waals surface area contributed by atoms with Gasteiger partial charge in [-0.1, -0.05) is 26.7 Å². The van der Waals surface area contributed by atoms with Crippen molar-refractivity contribution in [2.75, 3.05) is 26.4 Å². The maximum absolute atomic E-state index is 12.5. The number of hydrogen-bond donors (Lipinski definition) is 1. The van der Waals surface area contributed by atoms with Gasteiger partial charge in [0.25, 0.3) is 5.91 Å². The first-order chi connectivity index (χ1) is 11.7. The Bertz CT molecular complexity index is 698. The molecular formula is C19H30N2O3S. The maximum atomic E-state index is 12.5. The number of carbonyl (C=O) groups excluding carboxylic acids is 1. The van der Waals surface area contributed by atoms with Crippen LogP contribution < -0.4 is 5.32 Å². The Morgan fingerprint density at radius 3 is 2.44 bits per heavy atom. The Morgan fingerprint density at radius 1 is 1.28 bits per heavy atom. The molecule has 0 unspecified atom stereocenters. The molecule has 0 radical (unpaired) electrons. The third kappa shape index (κ3) is 4.61. The van der Waals surface area contributed by atoms with Gasteiger partial charge in [0.2, 0.25) is 0 Å². The van der Waals surface area contributed by atoms with Crippen molar-refractivity contribution in [2.45, 2.75) is 50.0 Å². The zero-order chi connectivity index (χ0) is 18.7. The predicted molar refractivity (Wildman–Crippen MR) is 101 cm³/mol. The summed E-state index contributed by atoms with van der Waals surface area (Å²) in [6, 6.07) is 6.20. The molecule has 140 valence electrons. The standard InChI is InChI=1S/C19H30N2O3S/c1-5-25(23,24)17-10-8-16(9-11-17)18(22)20-14-19(21(3)4)12-6-7-15(2)13-19/h8-11,15H,5-7,12-14H2,1-4H3,(H,20,22)/t15-,19-/m0/s1. The molecule has 25 heavy (non-hydrogen) atoms. The van der Waals surface area contributed by atoms with Gasteiger partial charge in [0, 0.05) is 17.6 Å². The van der Waals surface area contributed by atoms with E-state index in [1.807, 2.05) is 0 Å². The van der Waals surface area contributed by atoms with Crippen molar-refractivity contribution in [3.05, 3.63) is 29.8 Å². The summed E-state index contributed by atoms with van der Waals surface area (Å²) in [6.07, 6.45) is 4.59. The molecule has 2 rings (SSSR count). The molecule has 1 amide bonds. The molecule has 0 aromatic heterocycles. The van der Waals surface area contributed by atoms with E-state index in [-0.39, 0.29) is 22.1 Å². The van der Waals surface area contributed by atoms with Crippen LogP contribution in [0.1, 0.15) is 49.9 Å². The van der Waals surface area contributed by atoms with E-state index in [4.69, 9.17) is 0 Å². The zero-order valence-electron chi connectivity index (χ0n) is 15.7. The van der Waals surface area contributed by atoms with Crippen LogP contribution in [-0.2, 0) is 9.84 Å².